The van der Waals surface area contributed by atoms with Gasteiger partial charge in [0.15, 0.2) is 0 Å². The first-order valence-electron chi connectivity index (χ1n) is 11.4. The summed E-state index contributed by atoms with van der Waals surface area (Å²) in [6.07, 6.45) is 0. The van der Waals surface area contributed by atoms with E-state index in [0.717, 1.165) is 16.9 Å². The number of carbonyl (C=O) groups excluding carboxylic acids is 2. The minimum atomic E-state index is -0.430. The van der Waals surface area contributed by atoms with Crippen LogP contribution in [0.1, 0.15) is 30.5 Å². The van der Waals surface area contributed by atoms with E-state index in [4.69, 9.17) is 9.47 Å². The predicted molar refractivity (Wildman–Crippen MR) is 134 cm³/mol. The van der Waals surface area contributed by atoms with Gasteiger partial charge in [-0.2, -0.15) is 0 Å². The number of aryl methyl sites for hydroxylation is 2. The molecule has 0 atom stereocenters. The van der Waals surface area contributed by atoms with E-state index in [-0.39, 0.29) is 5.70 Å². The largest absolute Gasteiger partial charge is 0.494 e. The molecule has 0 spiro atoms. The Kier molecular flexibility index (Phi) is 6.68. The normalized spacial score (nSPS) is 13.5. The molecule has 0 aliphatic carbocycles. The van der Waals surface area contributed by atoms with Crippen molar-refractivity contribution in [1.82, 2.24) is 0 Å². The van der Waals surface area contributed by atoms with Crippen molar-refractivity contribution >= 4 is 28.8 Å². The van der Waals surface area contributed by atoms with E-state index in [1.165, 1.54) is 4.90 Å². The Morgan fingerprint density at radius 2 is 1.53 bits per heavy atom. The monoisotopic (exact) mass is 456 g/mol. The molecule has 0 saturated carbocycles. The number of imide groups is 1. The first kappa shape index (κ1) is 23.1. The predicted octanol–water partition coefficient (Wildman–Crippen LogP) is 5.50. The summed E-state index contributed by atoms with van der Waals surface area (Å²) in [6, 6.07) is 20.2. The molecule has 1 aliphatic rings. The van der Waals surface area contributed by atoms with Gasteiger partial charge in [0, 0.05) is 5.69 Å². The standard InChI is InChI=1S/C28H28N2O4/c1-5-33-21-14-12-20(13-15-21)29-26-25(22-16-11-18(3)17-19(22)4)27(31)30(28(26)32)23-9-7-8-10-24(23)34-6-2/h7-17,29H,5-6H2,1-4H3. The zero-order chi connectivity index (χ0) is 24.2. The second-order valence-electron chi connectivity index (χ2n) is 8.00. The van der Waals surface area contributed by atoms with Crippen molar-refractivity contribution in [3.05, 3.63) is 89.1 Å². The lowest BCUT2D eigenvalue weighted by molar-refractivity contribution is -0.120. The molecular weight excluding hydrogens is 428 g/mol. The topological polar surface area (TPSA) is 67.9 Å². The average molecular weight is 457 g/mol. The number of ether oxygens (including phenoxy) is 2. The van der Waals surface area contributed by atoms with E-state index in [1.54, 1.807) is 18.2 Å². The maximum atomic E-state index is 13.8. The third-order valence-electron chi connectivity index (χ3n) is 5.58. The smallest absolute Gasteiger partial charge is 0.282 e. The van der Waals surface area contributed by atoms with Gasteiger partial charge >= 0.3 is 0 Å². The SMILES string of the molecule is CCOc1ccc(NC2=C(c3ccc(C)cc3C)C(=O)N(c3ccccc3OCC)C2=O)cc1. The van der Waals surface area contributed by atoms with Gasteiger partial charge in [0.1, 0.15) is 17.2 Å². The van der Waals surface area contributed by atoms with Crippen molar-refractivity contribution in [2.24, 2.45) is 0 Å². The van der Waals surface area contributed by atoms with Gasteiger partial charge in [-0.3, -0.25) is 9.59 Å². The van der Waals surface area contributed by atoms with Crippen LogP contribution >= 0.6 is 0 Å². The second kappa shape index (κ2) is 9.83. The molecule has 3 aromatic carbocycles. The third-order valence-corrected chi connectivity index (χ3v) is 5.58. The number of hydrogen-bond donors (Lipinski definition) is 1. The molecular formula is C28H28N2O4. The molecule has 0 unspecified atom stereocenters. The number of benzene rings is 3. The number of rotatable bonds is 8. The summed E-state index contributed by atoms with van der Waals surface area (Å²) in [5.41, 5.74) is 4.39. The van der Waals surface area contributed by atoms with Crippen LogP contribution in [0.15, 0.2) is 72.4 Å². The van der Waals surface area contributed by atoms with E-state index in [0.29, 0.717) is 41.5 Å². The highest BCUT2D eigenvalue weighted by atomic mass is 16.5. The summed E-state index contributed by atoms with van der Waals surface area (Å²) >= 11 is 0. The molecule has 0 fully saturated rings. The molecule has 6 nitrogen and oxygen atoms in total. The van der Waals surface area contributed by atoms with Gasteiger partial charge in [0.25, 0.3) is 11.8 Å². The lowest BCUT2D eigenvalue weighted by Crippen LogP contribution is -2.32. The number of hydrogen-bond acceptors (Lipinski definition) is 5. The van der Waals surface area contributed by atoms with Gasteiger partial charge < -0.3 is 14.8 Å². The summed E-state index contributed by atoms with van der Waals surface area (Å²) in [4.78, 5) is 28.7. The fraction of sp³-hybridized carbons (Fsp3) is 0.214. The number of anilines is 2. The summed E-state index contributed by atoms with van der Waals surface area (Å²) in [5, 5.41) is 3.20. The highest BCUT2D eigenvalue weighted by Crippen LogP contribution is 2.38. The van der Waals surface area contributed by atoms with Crippen molar-refractivity contribution in [2.45, 2.75) is 27.7 Å². The van der Waals surface area contributed by atoms with Gasteiger partial charge in [-0.1, -0.05) is 35.9 Å². The van der Waals surface area contributed by atoms with Crippen LogP contribution in [-0.4, -0.2) is 25.0 Å². The molecule has 0 radical (unpaired) electrons. The van der Waals surface area contributed by atoms with Crippen LogP contribution in [0.25, 0.3) is 5.57 Å². The molecule has 3 aromatic rings. The summed E-state index contributed by atoms with van der Waals surface area (Å²) < 4.78 is 11.2. The number of amides is 2. The Labute approximate surface area is 199 Å². The minimum Gasteiger partial charge on any atom is -0.494 e. The van der Waals surface area contributed by atoms with Gasteiger partial charge in [0.05, 0.1) is 24.5 Å². The van der Waals surface area contributed by atoms with Gasteiger partial charge in [-0.05, 0) is 75.2 Å². The maximum absolute atomic E-state index is 13.8. The second-order valence-corrected chi connectivity index (χ2v) is 8.00. The van der Waals surface area contributed by atoms with Crippen LogP contribution in [0.3, 0.4) is 0 Å². The third kappa shape index (κ3) is 4.39. The molecule has 4 rings (SSSR count). The molecule has 174 valence electrons. The Morgan fingerprint density at radius 3 is 2.21 bits per heavy atom. The van der Waals surface area contributed by atoms with Crippen molar-refractivity contribution in [2.75, 3.05) is 23.4 Å². The van der Waals surface area contributed by atoms with Crippen molar-refractivity contribution in [3.8, 4) is 11.5 Å². The first-order chi connectivity index (χ1) is 16.4. The van der Waals surface area contributed by atoms with Crippen LogP contribution < -0.4 is 19.7 Å². The molecule has 6 heteroatoms. The Balaban J connectivity index is 1.81. The molecule has 1 N–H and O–H groups in total. The lowest BCUT2D eigenvalue weighted by atomic mass is 9.97. The number of nitrogens with zero attached hydrogens (tertiary/aromatic N) is 1. The summed E-state index contributed by atoms with van der Waals surface area (Å²) in [5.74, 6) is 0.394. The average Bonchev–Trinajstić information content (AvgIpc) is 3.05. The quantitative estimate of drug-likeness (QED) is 0.454. The Hall–Kier alpha value is -4.06. The van der Waals surface area contributed by atoms with Gasteiger partial charge in [-0.15, -0.1) is 0 Å². The Bertz CT molecular complexity index is 1260. The highest BCUT2D eigenvalue weighted by molar-refractivity contribution is 6.46. The highest BCUT2D eigenvalue weighted by Gasteiger charge is 2.41. The molecule has 0 saturated heterocycles. The molecule has 1 aliphatic heterocycles. The molecule has 1 heterocycles. The summed E-state index contributed by atoms with van der Waals surface area (Å²) in [6.45, 7) is 8.71. The number of para-hydroxylation sites is 2. The molecule has 34 heavy (non-hydrogen) atoms. The lowest BCUT2D eigenvalue weighted by Gasteiger charge is -2.19. The number of carbonyl (C=O) groups is 2. The van der Waals surface area contributed by atoms with Crippen LogP contribution in [-0.2, 0) is 9.59 Å². The van der Waals surface area contributed by atoms with Gasteiger partial charge in [0.2, 0.25) is 0 Å². The van der Waals surface area contributed by atoms with E-state index < -0.39 is 11.8 Å². The van der Waals surface area contributed by atoms with Crippen molar-refractivity contribution in [3.63, 3.8) is 0 Å². The van der Waals surface area contributed by atoms with E-state index in [9.17, 15) is 9.59 Å². The fourth-order valence-electron chi connectivity index (χ4n) is 4.07. The van der Waals surface area contributed by atoms with E-state index in [2.05, 4.69) is 5.32 Å². The number of nitrogens with one attached hydrogen (secondary N) is 1. The maximum Gasteiger partial charge on any atom is 0.282 e. The zero-order valence-electron chi connectivity index (χ0n) is 19.8. The van der Waals surface area contributed by atoms with Crippen LogP contribution in [0, 0.1) is 13.8 Å². The van der Waals surface area contributed by atoms with Crippen molar-refractivity contribution < 1.29 is 19.1 Å². The van der Waals surface area contributed by atoms with E-state index in [1.807, 2.05) is 76.2 Å². The zero-order valence-corrected chi connectivity index (χ0v) is 19.8. The first-order valence-corrected chi connectivity index (χ1v) is 11.4. The fourth-order valence-corrected chi connectivity index (χ4v) is 4.07. The van der Waals surface area contributed by atoms with Crippen LogP contribution in [0.5, 0.6) is 11.5 Å². The molecule has 0 bridgehead atoms. The van der Waals surface area contributed by atoms with E-state index >= 15 is 0 Å². The minimum absolute atomic E-state index is 0.229. The molecule has 0 aromatic heterocycles. The Morgan fingerprint density at radius 1 is 0.824 bits per heavy atom. The van der Waals surface area contributed by atoms with Crippen molar-refractivity contribution in [1.29, 1.82) is 0 Å². The molecule has 2 amide bonds. The summed E-state index contributed by atoms with van der Waals surface area (Å²) in [7, 11) is 0. The van der Waals surface area contributed by atoms with Gasteiger partial charge in [-0.25, -0.2) is 4.90 Å². The van der Waals surface area contributed by atoms with Crippen LogP contribution in [0.2, 0.25) is 0 Å². The van der Waals surface area contributed by atoms with Crippen LogP contribution in [0.4, 0.5) is 11.4 Å².